The standard InChI is InChI=1S/C67H102N12O11S/c1-14-32-90-67(87)76-55(40(3)4)62(83)73-50(23-19-29-71-66(68)86)61(82)72-48-27-25-46(47(35-48)38-69-9)39-79(11)49-28-26-45(36-49)58(79)63(84)75-56(41(5)6)65(85)77(10)57(42(7)15-2)53(88-12)37-54(80)78-31-20-24-52(78)59(89-13)43(8)60(81)74-51(64-70-30-33-91-64)34-44-21-17-16-18-22-44/h14,16-18,21-22,25,27,30,33,35,40-43,45,49-53,55-59,69H,1,15,19-20,23-24,26,28-29,31-32,34,36-39H2,2-13H3,(H7-,68,71,72,73,74,75,76,81,82,83,84,86,87)/p+1/t42-,43+,45-,49+,50-,51-,52-,53+,55-,56-,57-,58-,59+,79?/m0/s1. The Balaban J connectivity index is 1.15. The molecule has 2 bridgehead atoms. The van der Waals surface area contributed by atoms with Gasteiger partial charge in [0.25, 0.3) is 5.91 Å². The molecule has 3 aliphatic rings. The number of hydrogen-bond donors (Lipinski definition) is 8. The van der Waals surface area contributed by atoms with Crippen LogP contribution in [-0.2, 0) is 62.5 Å². The van der Waals surface area contributed by atoms with Gasteiger partial charge in [-0.1, -0.05) is 104 Å². The van der Waals surface area contributed by atoms with Gasteiger partial charge in [0, 0.05) is 76.1 Å². The second-order valence-corrected chi connectivity index (χ2v) is 26.8. The van der Waals surface area contributed by atoms with Crippen molar-refractivity contribution in [1.29, 1.82) is 0 Å². The Morgan fingerprint density at radius 1 is 0.890 bits per heavy atom. The summed E-state index contributed by atoms with van der Waals surface area (Å²) in [7, 11) is 8.86. The van der Waals surface area contributed by atoms with Crippen molar-refractivity contribution in [2.24, 2.45) is 35.3 Å². The average molecular weight is 1280 g/mol. The highest BCUT2D eigenvalue weighted by Crippen LogP contribution is 2.48. The quantitative estimate of drug-likeness (QED) is 0.0182. The van der Waals surface area contributed by atoms with E-state index in [-0.39, 0.29) is 91.4 Å². The van der Waals surface area contributed by atoms with E-state index in [0.29, 0.717) is 55.5 Å². The number of anilines is 1. The molecule has 0 radical (unpaired) electrons. The van der Waals surface area contributed by atoms with Crippen molar-refractivity contribution in [3.63, 3.8) is 0 Å². The van der Waals surface area contributed by atoms with Gasteiger partial charge in [0.1, 0.15) is 36.3 Å². The summed E-state index contributed by atoms with van der Waals surface area (Å²) in [4.78, 5) is 119. The third-order valence-corrected chi connectivity index (χ3v) is 19.9. The van der Waals surface area contributed by atoms with Gasteiger partial charge >= 0.3 is 12.1 Å². The number of piperidine rings is 1. The molecule has 91 heavy (non-hydrogen) atoms. The number of ether oxygens (including phenoxy) is 3. The molecule has 1 aromatic heterocycles. The highest BCUT2D eigenvalue weighted by Gasteiger charge is 2.60. The Kier molecular flexibility index (Phi) is 27.8. The number of methoxy groups -OCH3 is 2. The summed E-state index contributed by atoms with van der Waals surface area (Å²) >= 11 is 1.49. The minimum Gasteiger partial charge on any atom is -0.445 e. The molecule has 1 saturated carbocycles. The van der Waals surface area contributed by atoms with E-state index in [0.717, 1.165) is 47.4 Å². The first kappa shape index (κ1) is 73.1. The molecule has 1 unspecified atom stereocenters. The monoisotopic (exact) mass is 1280 g/mol. The number of nitrogens with one attached hydrogen (secondary N) is 7. The molecule has 9 N–H and O–H groups in total. The minimum atomic E-state index is -1.07. The smallest absolute Gasteiger partial charge is 0.408 e. The van der Waals surface area contributed by atoms with Crippen LogP contribution in [0.25, 0.3) is 0 Å². The minimum absolute atomic E-state index is 0.0206. The van der Waals surface area contributed by atoms with E-state index in [2.05, 4.69) is 55.8 Å². The van der Waals surface area contributed by atoms with Gasteiger partial charge in [0.05, 0.1) is 55.8 Å². The Labute approximate surface area is 542 Å². The Morgan fingerprint density at radius 2 is 1.62 bits per heavy atom. The van der Waals surface area contributed by atoms with Gasteiger partial charge in [-0.05, 0) is 93.0 Å². The number of fused-ring (bicyclic) bond motifs is 2. The number of rotatable bonds is 35. The van der Waals surface area contributed by atoms with Crippen LogP contribution in [0, 0.1) is 29.6 Å². The lowest BCUT2D eigenvalue weighted by molar-refractivity contribution is -0.952. The number of likely N-dealkylation sites (N-methyl/N-ethyl adjacent to an activating group) is 2. The van der Waals surface area contributed by atoms with Crippen LogP contribution < -0.4 is 43.0 Å². The molecular weight excluding hydrogens is 1180 g/mol. The zero-order chi connectivity index (χ0) is 66.7. The molecule has 502 valence electrons. The Morgan fingerprint density at radius 3 is 2.24 bits per heavy atom. The molecule has 0 spiro atoms. The topological polar surface area (TPSA) is 294 Å². The highest BCUT2D eigenvalue weighted by molar-refractivity contribution is 7.09. The molecule has 2 aromatic carbocycles. The summed E-state index contributed by atoms with van der Waals surface area (Å²) in [5.41, 5.74) is 8.69. The van der Waals surface area contributed by atoms with Crippen molar-refractivity contribution in [2.75, 3.05) is 60.4 Å². The lowest BCUT2D eigenvalue weighted by atomic mass is 9.89. The predicted octanol–water partition coefficient (Wildman–Crippen LogP) is 6.33. The van der Waals surface area contributed by atoms with Crippen molar-refractivity contribution in [3.05, 3.63) is 94.5 Å². The van der Waals surface area contributed by atoms with E-state index in [1.54, 1.807) is 52.3 Å². The molecular formula is C67H103N12O11S+. The number of primary amides is 1. The number of nitrogens with two attached hydrogens (primary N) is 1. The molecule has 3 fully saturated rings. The molecule has 6 rings (SSSR count). The first-order valence-electron chi connectivity index (χ1n) is 32.4. The number of amides is 9. The zero-order valence-electron chi connectivity index (χ0n) is 55.6. The predicted molar refractivity (Wildman–Crippen MR) is 351 cm³/mol. The number of aromatic nitrogens is 1. The van der Waals surface area contributed by atoms with Gasteiger partial charge < -0.3 is 71.4 Å². The SMILES string of the molecule is C=CCOC(=O)N[C@H](C(=O)N[C@@H](CCCNC(N)=O)C(=O)Nc1ccc(C[N+]2(C)[C@@H]3CC[C@@H](C3)[C@H]2C(=O)N[C@H](C(=O)N(C)[C@@H]([C@@H](C)CC)[C@@H](CC(=O)N2CCC[C@H]2[C@H](OC)[C@@H](C)C(=O)N[C@@H](Cc2ccccc2)c2nccs2)OC)C(C)C)c(CNC)c1)C(C)C. The maximum absolute atomic E-state index is 15.2. The van der Waals surface area contributed by atoms with Crippen molar-refractivity contribution >= 4 is 64.6 Å². The summed E-state index contributed by atoms with van der Waals surface area (Å²) in [6.45, 7) is 18.4. The zero-order valence-corrected chi connectivity index (χ0v) is 56.4. The first-order valence-corrected chi connectivity index (χ1v) is 33.2. The lowest BCUT2D eigenvalue weighted by Gasteiger charge is -2.45. The molecule has 3 heterocycles. The first-order chi connectivity index (χ1) is 43.4. The highest BCUT2D eigenvalue weighted by atomic mass is 32.1. The number of urea groups is 1. The maximum atomic E-state index is 15.2. The second kappa shape index (κ2) is 34.6. The summed E-state index contributed by atoms with van der Waals surface area (Å²) in [5.74, 6) is -3.24. The number of benzene rings is 2. The summed E-state index contributed by atoms with van der Waals surface area (Å²) in [5, 5.41) is 23.4. The van der Waals surface area contributed by atoms with E-state index in [1.807, 2.05) is 94.4 Å². The van der Waals surface area contributed by atoms with Crippen LogP contribution in [0.1, 0.15) is 134 Å². The lowest BCUT2D eigenvalue weighted by Crippen LogP contribution is -2.64. The van der Waals surface area contributed by atoms with Gasteiger partial charge in [-0.2, -0.15) is 0 Å². The molecule has 14 atom stereocenters. The number of hydrogen-bond acceptors (Lipinski definition) is 14. The van der Waals surface area contributed by atoms with Crippen LogP contribution in [0.4, 0.5) is 15.3 Å². The third-order valence-electron chi connectivity index (χ3n) is 19.0. The van der Waals surface area contributed by atoms with Crippen LogP contribution in [-0.4, -0.2) is 176 Å². The summed E-state index contributed by atoms with van der Waals surface area (Å²) < 4.78 is 17.8. The molecule has 2 aliphatic heterocycles. The van der Waals surface area contributed by atoms with Gasteiger partial charge in [-0.3, -0.25) is 28.8 Å². The van der Waals surface area contributed by atoms with Crippen LogP contribution in [0.15, 0.2) is 72.8 Å². The van der Waals surface area contributed by atoms with E-state index >= 15 is 9.59 Å². The maximum Gasteiger partial charge on any atom is 0.408 e. The Hall–Kier alpha value is -6.99. The molecule has 24 heteroatoms. The largest absolute Gasteiger partial charge is 0.445 e. The fraction of sp³-hybridized carbons (Fsp3) is 0.627. The van der Waals surface area contributed by atoms with Gasteiger partial charge in [-0.25, -0.2) is 14.6 Å². The van der Waals surface area contributed by atoms with Crippen molar-refractivity contribution in [3.8, 4) is 0 Å². The van der Waals surface area contributed by atoms with Gasteiger partial charge in [0.15, 0.2) is 6.04 Å². The summed E-state index contributed by atoms with van der Waals surface area (Å²) in [6.07, 6.45) is 6.73. The van der Waals surface area contributed by atoms with Crippen molar-refractivity contribution < 1.29 is 57.0 Å². The molecule has 9 amide bonds. The number of thiazole rings is 1. The van der Waals surface area contributed by atoms with Crippen LogP contribution in [0.2, 0.25) is 0 Å². The van der Waals surface area contributed by atoms with Crippen LogP contribution in [0.3, 0.4) is 0 Å². The average Bonchev–Trinajstić information content (AvgIpc) is 1.61. The molecule has 1 aliphatic carbocycles. The number of quaternary nitrogens is 1. The van der Waals surface area contributed by atoms with Gasteiger partial charge in [0.2, 0.25) is 29.5 Å². The fourth-order valence-corrected chi connectivity index (χ4v) is 14.7. The number of alkyl carbamates (subject to hydrolysis) is 1. The van der Waals surface area contributed by atoms with Gasteiger partial charge in [-0.15, -0.1) is 11.3 Å². The molecule has 23 nitrogen and oxygen atoms in total. The Bertz CT molecular complexity index is 2920. The second-order valence-electron chi connectivity index (χ2n) is 25.9. The van der Waals surface area contributed by atoms with Crippen molar-refractivity contribution in [1.82, 2.24) is 46.7 Å². The number of carbonyl (C=O) groups is 8. The number of likely N-dealkylation sites (tertiary alicyclic amines) is 2. The van der Waals surface area contributed by atoms with E-state index in [1.165, 1.54) is 17.4 Å². The fourth-order valence-electron chi connectivity index (χ4n) is 14.0. The normalized spacial score (nSPS) is 21.5. The third kappa shape index (κ3) is 19.1. The van der Waals surface area contributed by atoms with E-state index in [4.69, 9.17) is 19.9 Å². The molecule has 2 saturated heterocycles. The van der Waals surface area contributed by atoms with Crippen LogP contribution >= 0.6 is 11.3 Å². The van der Waals surface area contributed by atoms with Crippen LogP contribution in [0.5, 0.6) is 0 Å². The number of nitrogens with zero attached hydrogens (tertiary/aromatic N) is 4. The number of carbonyl (C=O) groups excluding carboxylic acids is 8. The van der Waals surface area contributed by atoms with Crippen molar-refractivity contribution in [2.45, 2.75) is 186 Å². The van der Waals surface area contributed by atoms with E-state index in [9.17, 15) is 28.8 Å². The summed E-state index contributed by atoms with van der Waals surface area (Å²) in [6, 6.07) is 10.3. The van der Waals surface area contributed by atoms with E-state index < -0.39 is 72.3 Å². The molecule has 3 aromatic rings.